The molecule has 2 aromatic carbocycles. The monoisotopic (exact) mass is 363 g/mol. The number of methoxy groups -OCH3 is 2. The third kappa shape index (κ3) is 3.42. The first kappa shape index (κ1) is 16.9. The van der Waals surface area contributed by atoms with Crippen LogP contribution in [0.2, 0.25) is 0 Å². The zero-order chi connectivity index (χ0) is 18.8. The van der Waals surface area contributed by atoms with Gasteiger partial charge in [-0.05, 0) is 35.9 Å². The molecule has 6 nitrogen and oxygen atoms in total. The van der Waals surface area contributed by atoms with Crippen LogP contribution in [0, 0.1) is 0 Å². The highest BCUT2D eigenvalue weighted by Crippen LogP contribution is 2.29. The van der Waals surface area contributed by atoms with Crippen LogP contribution in [0.5, 0.6) is 17.2 Å². The smallest absolute Gasteiger partial charge is 0.363 e. The van der Waals surface area contributed by atoms with Crippen LogP contribution in [0.1, 0.15) is 11.1 Å². The summed E-state index contributed by atoms with van der Waals surface area (Å²) in [5.41, 5.74) is 2.63. The van der Waals surface area contributed by atoms with Crippen LogP contribution >= 0.6 is 0 Å². The van der Waals surface area contributed by atoms with Crippen LogP contribution in [-0.4, -0.2) is 32.7 Å². The van der Waals surface area contributed by atoms with Gasteiger partial charge in [-0.3, -0.25) is 0 Å². The van der Waals surface area contributed by atoms with E-state index in [0.29, 0.717) is 23.7 Å². The predicted octanol–water partition coefficient (Wildman–Crippen LogP) is 3.37. The van der Waals surface area contributed by atoms with Gasteiger partial charge in [-0.15, -0.1) is 0 Å². The van der Waals surface area contributed by atoms with E-state index in [-0.39, 0.29) is 11.6 Å². The summed E-state index contributed by atoms with van der Waals surface area (Å²) in [5, 5.41) is 0. The molecule has 27 heavy (non-hydrogen) atoms. The third-order valence-corrected chi connectivity index (χ3v) is 4.20. The van der Waals surface area contributed by atoms with Gasteiger partial charge in [-0.1, -0.05) is 18.2 Å². The average molecular weight is 363 g/mol. The molecule has 0 amide bonds. The van der Waals surface area contributed by atoms with Gasteiger partial charge < -0.3 is 18.9 Å². The fraction of sp³-hybridized carbons (Fsp3) is 0.143. The standard InChI is InChI=1S/C21H17NO5/c1-24-16-9-15(10-17(11-16)25-2)20-22-18(21(23)27-20)8-13-7-14-5-3-4-6-19(14)26-12-13/h3-11H,12H2,1-2H3/b18-8-. The van der Waals surface area contributed by atoms with Crippen LogP contribution in [-0.2, 0) is 9.53 Å². The van der Waals surface area contributed by atoms with Crippen LogP contribution in [0.3, 0.4) is 0 Å². The fourth-order valence-electron chi connectivity index (χ4n) is 2.86. The summed E-state index contributed by atoms with van der Waals surface area (Å²) in [6.45, 7) is 0.367. The number of carbonyl (C=O) groups excluding carboxylic acids is 1. The minimum atomic E-state index is -0.508. The molecule has 0 unspecified atom stereocenters. The number of benzene rings is 2. The van der Waals surface area contributed by atoms with Gasteiger partial charge in [-0.2, -0.15) is 0 Å². The van der Waals surface area contributed by atoms with Crippen molar-refractivity contribution in [2.75, 3.05) is 20.8 Å². The Hall–Kier alpha value is -3.54. The number of esters is 1. The summed E-state index contributed by atoms with van der Waals surface area (Å²) in [6, 6.07) is 12.9. The lowest BCUT2D eigenvalue weighted by Crippen LogP contribution is -2.08. The summed E-state index contributed by atoms with van der Waals surface area (Å²) < 4.78 is 21.5. The van der Waals surface area contributed by atoms with Gasteiger partial charge in [0.15, 0.2) is 5.70 Å². The van der Waals surface area contributed by atoms with Crippen molar-refractivity contribution in [3.63, 3.8) is 0 Å². The van der Waals surface area contributed by atoms with E-state index in [4.69, 9.17) is 18.9 Å². The molecule has 0 bridgehead atoms. The number of hydrogen-bond acceptors (Lipinski definition) is 6. The summed E-state index contributed by atoms with van der Waals surface area (Å²) in [4.78, 5) is 16.6. The molecular weight excluding hydrogens is 346 g/mol. The number of para-hydroxylation sites is 1. The number of hydrogen-bond donors (Lipinski definition) is 0. The van der Waals surface area contributed by atoms with Crippen molar-refractivity contribution in [1.82, 2.24) is 0 Å². The summed E-state index contributed by atoms with van der Waals surface area (Å²) in [6.07, 6.45) is 3.66. The molecular formula is C21H17NO5. The molecule has 0 saturated carbocycles. The molecule has 2 aliphatic rings. The van der Waals surface area contributed by atoms with Crippen molar-refractivity contribution in [2.24, 2.45) is 4.99 Å². The number of aliphatic imine (C=N–C) groups is 1. The molecule has 4 rings (SSSR count). The molecule has 0 aromatic heterocycles. The van der Waals surface area contributed by atoms with Crippen LogP contribution in [0.4, 0.5) is 0 Å². The molecule has 0 saturated heterocycles. The largest absolute Gasteiger partial charge is 0.497 e. The Morgan fingerprint density at radius 2 is 1.81 bits per heavy atom. The summed E-state index contributed by atoms with van der Waals surface area (Å²) in [5.74, 6) is 1.69. The molecule has 2 heterocycles. The molecule has 0 N–H and O–H groups in total. The lowest BCUT2D eigenvalue weighted by atomic mass is 10.1. The third-order valence-electron chi connectivity index (χ3n) is 4.20. The first-order valence-corrected chi connectivity index (χ1v) is 8.34. The molecule has 2 aromatic rings. The molecule has 0 atom stereocenters. The second-order valence-corrected chi connectivity index (χ2v) is 5.98. The highest BCUT2D eigenvalue weighted by atomic mass is 16.6. The number of rotatable bonds is 4. The van der Waals surface area contributed by atoms with E-state index in [9.17, 15) is 4.79 Å². The van der Waals surface area contributed by atoms with Crippen molar-refractivity contribution >= 4 is 17.9 Å². The number of nitrogens with zero attached hydrogens (tertiary/aromatic N) is 1. The van der Waals surface area contributed by atoms with Crippen molar-refractivity contribution in [2.45, 2.75) is 0 Å². The van der Waals surface area contributed by atoms with Crippen molar-refractivity contribution in [3.05, 3.63) is 70.9 Å². The van der Waals surface area contributed by atoms with Gasteiger partial charge in [0.05, 0.1) is 14.2 Å². The molecule has 2 aliphatic heterocycles. The molecule has 136 valence electrons. The van der Waals surface area contributed by atoms with Crippen molar-refractivity contribution < 1.29 is 23.7 Å². The number of fused-ring (bicyclic) bond motifs is 1. The van der Waals surface area contributed by atoms with Crippen molar-refractivity contribution in [3.8, 4) is 17.2 Å². The average Bonchev–Trinajstić information content (AvgIpc) is 3.07. The molecule has 0 spiro atoms. The minimum absolute atomic E-state index is 0.209. The van der Waals surface area contributed by atoms with E-state index in [2.05, 4.69) is 4.99 Å². The SMILES string of the molecule is COc1cc(OC)cc(C2=N/C(=C\C3=Cc4ccccc4OC3)C(=O)O2)c1. The topological polar surface area (TPSA) is 66.3 Å². The normalized spacial score (nSPS) is 16.8. The minimum Gasteiger partial charge on any atom is -0.497 e. The number of ether oxygens (including phenoxy) is 4. The van der Waals surface area contributed by atoms with Crippen LogP contribution in [0.25, 0.3) is 6.08 Å². The van der Waals surface area contributed by atoms with Gasteiger partial charge in [0.2, 0.25) is 5.90 Å². The molecule has 0 radical (unpaired) electrons. The highest BCUT2D eigenvalue weighted by Gasteiger charge is 2.25. The Kier molecular flexibility index (Phi) is 4.38. The Bertz CT molecular complexity index is 981. The second-order valence-electron chi connectivity index (χ2n) is 5.98. The van der Waals surface area contributed by atoms with Gasteiger partial charge in [0, 0.05) is 17.2 Å². The highest BCUT2D eigenvalue weighted by molar-refractivity contribution is 6.11. The lowest BCUT2D eigenvalue weighted by molar-refractivity contribution is -0.130. The maximum absolute atomic E-state index is 12.3. The van der Waals surface area contributed by atoms with E-state index in [1.165, 1.54) is 0 Å². The quantitative estimate of drug-likeness (QED) is 0.615. The zero-order valence-electron chi connectivity index (χ0n) is 14.9. The van der Waals surface area contributed by atoms with E-state index in [1.54, 1.807) is 38.5 Å². The van der Waals surface area contributed by atoms with Gasteiger partial charge in [0.1, 0.15) is 23.9 Å². The Labute approximate surface area is 156 Å². The molecule has 0 aliphatic carbocycles. The number of carbonyl (C=O) groups is 1. The van der Waals surface area contributed by atoms with Crippen LogP contribution < -0.4 is 14.2 Å². The maximum atomic E-state index is 12.3. The van der Waals surface area contributed by atoms with E-state index < -0.39 is 5.97 Å². The fourth-order valence-corrected chi connectivity index (χ4v) is 2.86. The predicted molar refractivity (Wildman–Crippen MR) is 100 cm³/mol. The Morgan fingerprint density at radius 1 is 1.07 bits per heavy atom. The Balaban J connectivity index is 1.66. The summed E-state index contributed by atoms with van der Waals surface area (Å²) >= 11 is 0. The van der Waals surface area contributed by atoms with E-state index in [1.807, 2.05) is 30.3 Å². The van der Waals surface area contributed by atoms with Gasteiger partial charge in [0.25, 0.3) is 0 Å². The van der Waals surface area contributed by atoms with E-state index >= 15 is 0 Å². The summed E-state index contributed by atoms with van der Waals surface area (Å²) in [7, 11) is 3.11. The molecule has 6 heteroatoms. The zero-order valence-corrected chi connectivity index (χ0v) is 14.9. The van der Waals surface area contributed by atoms with Gasteiger partial charge in [-0.25, -0.2) is 9.79 Å². The van der Waals surface area contributed by atoms with Gasteiger partial charge >= 0.3 is 5.97 Å². The maximum Gasteiger partial charge on any atom is 0.363 e. The van der Waals surface area contributed by atoms with Crippen molar-refractivity contribution in [1.29, 1.82) is 0 Å². The first-order chi connectivity index (χ1) is 13.2. The van der Waals surface area contributed by atoms with E-state index in [0.717, 1.165) is 16.9 Å². The molecule has 0 fully saturated rings. The van der Waals surface area contributed by atoms with Crippen LogP contribution in [0.15, 0.2) is 64.8 Å². The number of cyclic esters (lactones) is 1. The first-order valence-electron chi connectivity index (χ1n) is 8.34. The Morgan fingerprint density at radius 3 is 2.56 bits per heavy atom. The second kappa shape index (κ2) is 6.99. The lowest BCUT2D eigenvalue weighted by Gasteiger charge is -2.15.